The van der Waals surface area contributed by atoms with Gasteiger partial charge in [-0.25, -0.2) is 4.79 Å². The van der Waals surface area contributed by atoms with Gasteiger partial charge in [0.05, 0.1) is 22.1 Å². The van der Waals surface area contributed by atoms with Crippen LogP contribution in [0.15, 0.2) is 42.5 Å². The van der Waals surface area contributed by atoms with Crippen LogP contribution in [0.3, 0.4) is 0 Å². The number of amides is 2. The van der Waals surface area contributed by atoms with Crippen molar-refractivity contribution in [1.29, 1.82) is 0 Å². The standard InChI is InChI=1S/C19H17ClF3N5O/c20-14-6-5-11(9-13(14)19(21,22)23)16-10-24-7-8-28(16)18(29)25-17-12-3-1-2-4-15(12)26-27-17/h1-6,9,16,24H,7-8,10H2,(H2,25,26,27,29). The number of carbonyl (C=O) groups is 1. The van der Waals surface area contributed by atoms with Crippen LogP contribution in [-0.2, 0) is 6.18 Å². The number of halogens is 4. The van der Waals surface area contributed by atoms with Crippen LogP contribution in [0.5, 0.6) is 0 Å². The molecular formula is C19H17ClF3N5O. The zero-order chi connectivity index (χ0) is 20.6. The highest BCUT2D eigenvalue weighted by atomic mass is 35.5. The number of aromatic amines is 1. The molecule has 1 aliphatic heterocycles. The number of nitrogens with zero attached hydrogens (tertiary/aromatic N) is 2. The Balaban J connectivity index is 1.61. The number of hydrogen-bond donors (Lipinski definition) is 3. The summed E-state index contributed by atoms with van der Waals surface area (Å²) in [5, 5.41) is 13.2. The largest absolute Gasteiger partial charge is 0.417 e. The Kier molecular flexibility index (Phi) is 5.10. The smallest absolute Gasteiger partial charge is 0.315 e. The van der Waals surface area contributed by atoms with E-state index < -0.39 is 23.8 Å². The highest BCUT2D eigenvalue weighted by Gasteiger charge is 2.35. The molecule has 0 bridgehead atoms. The minimum absolute atomic E-state index is 0.327. The molecule has 1 saturated heterocycles. The second-order valence-corrected chi connectivity index (χ2v) is 7.11. The lowest BCUT2D eigenvalue weighted by Gasteiger charge is -2.36. The average Bonchev–Trinajstić information content (AvgIpc) is 3.10. The van der Waals surface area contributed by atoms with Gasteiger partial charge in [0.1, 0.15) is 0 Å². The van der Waals surface area contributed by atoms with E-state index in [0.717, 1.165) is 17.0 Å². The minimum atomic E-state index is -4.57. The third-order valence-electron chi connectivity index (χ3n) is 4.88. The Morgan fingerprint density at radius 3 is 2.83 bits per heavy atom. The van der Waals surface area contributed by atoms with Gasteiger partial charge in [0.15, 0.2) is 5.82 Å². The van der Waals surface area contributed by atoms with Gasteiger partial charge < -0.3 is 10.2 Å². The zero-order valence-corrected chi connectivity index (χ0v) is 15.8. The average molecular weight is 424 g/mol. The van der Waals surface area contributed by atoms with Crippen LogP contribution in [0.25, 0.3) is 10.9 Å². The fourth-order valence-electron chi connectivity index (χ4n) is 3.44. The highest BCUT2D eigenvalue weighted by Crippen LogP contribution is 2.37. The normalized spacial score (nSPS) is 17.5. The summed E-state index contributed by atoms with van der Waals surface area (Å²) >= 11 is 5.73. The maximum absolute atomic E-state index is 13.2. The Morgan fingerprint density at radius 1 is 1.24 bits per heavy atom. The summed E-state index contributed by atoms with van der Waals surface area (Å²) in [6, 6.07) is 10.0. The van der Waals surface area contributed by atoms with Gasteiger partial charge in [-0.15, -0.1) is 0 Å². The van der Waals surface area contributed by atoms with Crippen molar-refractivity contribution in [2.45, 2.75) is 12.2 Å². The number of para-hydroxylation sites is 1. The van der Waals surface area contributed by atoms with Gasteiger partial charge in [-0.05, 0) is 29.8 Å². The molecule has 152 valence electrons. The van der Waals surface area contributed by atoms with Gasteiger partial charge in [0.2, 0.25) is 0 Å². The molecule has 2 aromatic carbocycles. The maximum Gasteiger partial charge on any atom is 0.417 e. The van der Waals surface area contributed by atoms with Gasteiger partial charge in [-0.3, -0.25) is 10.4 Å². The van der Waals surface area contributed by atoms with Crippen molar-refractivity contribution >= 4 is 34.4 Å². The summed E-state index contributed by atoms with van der Waals surface area (Å²) in [4.78, 5) is 14.4. The number of nitrogens with one attached hydrogen (secondary N) is 3. The number of rotatable bonds is 2. The number of carbonyl (C=O) groups excluding carboxylic acids is 1. The summed E-state index contributed by atoms with van der Waals surface area (Å²) in [5.74, 6) is 0.370. The summed E-state index contributed by atoms with van der Waals surface area (Å²) < 4.78 is 39.7. The molecule has 2 heterocycles. The summed E-state index contributed by atoms with van der Waals surface area (Å²) in [7, 11) is 0. The molecule has 2 amide bonds. The van der Waals surface area contributed by atoms with Crippen LogP contribution in [0.4, 0.5) is 23.8 Å². The monoisotopic (exact) mass is 423 g/mol. The second-order valence-electron chi connectivity index (χ2n) is 6.70. The number of alkyl halides is 3. The van der Waals surface area contributed by atoms with Crippen LogP contribution in [-0.4, -0.2) is 40.8 Å². The van der Waals surface area contributed by atoms with E-state index in [4.69, 9.17) is 11.6 Å². The quantitative estimate of drug-likeness (QED) is 0.571. The fourth-order valence-corrected chi connectivity index (χ4v) is 3.67. The second kappa shape index (κ2) is 7.57. The number of piperazine rings is 1. The molecule has 3 aromatic rings. The maximum atomic E-state index is 13.2. The van der Waals surface area contributed by atoms with Crippen LogP contribution < -0.4 is 10.6 Å². The van der Waals surface area contributed by atoms with Gasteiger partial charge in [0.25, 0.3) is 0 Å². The third-order valence-corrected chi connectivity index (χ3v) is 5.21. The SMILES string of the molecule is O=C(Nc1n[nH]c2ccccc12)N1CCNCC1c1ccc(Cl)c(C(F)(F)F)c1. The van der Waals surface area contributed by atoms with Crippen molar-refractivity contribution < 1.29 is 18.0 Å². The molecule has 4 rings (SSSR count). The first-order valence-electron chi connectivity index (χ1n) is 8.92. The Bertz CT molecular complexity index is 1050. The first-order chi connectivity index (χ1) is 13.8. The molecule has 0 aliphatic carbocycles. The highest BCUT2D eigenvalue weighted by molar-refractivity contribution is 6.31. The van der Waals surface area contributed by atoms with Gasteiger partial charge in [-0.1, -0.05) is 29.8 Å². The number of aromatic nitrogens is 2. The molecule has 1 unspecified atom stereocenters. The lowest BCUT2D eigenvalue weighted by molar-refractivity contribution is -0.137. The molecule has 1 aromatic heterocycles. The fraction of sp³-hybridized carbons (Fsp3) is 0.263. The molecule has 1 atom stereocenters. The summed E-state index contributed by atoms with van der Waals surface area (Å²) in [6.45, 7) is 1.20. The minimum Gasteiger partial charge on any atom is -0.315 e. The Labute approximate surface area is 169 Å². The first kappa shape index (κ1) is 19.5. The van der Waals surface area contributed by atoms with Crippen LogP contribution in [0.2, 0.25) is 5.02 Å². The topological polar surface area (TPSA) is 73.0 Å². The molecule has 10 heteroatoms. The third kappa shape index (κ3) is 3.88. The molecule has 0 spiro atoms. The molecular weight excluding hydrogens is 407 g/mol. The van der Waals surface area contributed by atoms with Crippen LogP contribution >= 0.6 is 11.6 Å². The predicted molar refractivity (Wildman–Crippen MR) is 104 cm³/mol. The summed E-state index contributed by atoms with van der Waals surface area (Å²) in [5.41, 5.74) is 0.212. The Hall–Kier alpha value is -2.78. The van der Waals surface area contributed by atoms with E-state index in [1.54, 1.807) is 0 Å². The molecule has 0 radical (unpaired) electrons. The van der Waals surface area contributed by atoms with Crippen LogP contribution in [0.1, 0.15) is 17.2 Å². The van der Waals surface area contributed by atoms with Crippen molar-refractivity contribution in [1.82, 2.24) is 20.4 Å². The number of H-pyrrole nitrogens is 1. The first-order valence-corrected chi connectivity index (χ1v) is 9.30. The van der Waals surface area contributed by atoms with E-state index in [2.05, 4.69) is 20.8 Å². The molecule has 3 N–H and O–H groups in total. The molecule has 0 saturated carbocycles. The number of fused-ring (bicyclic) bond motifs is 1. The van der Waals surface area contributed by atoms with Crippen molar-refractivity contribution in [3.05, 3.63) is 58.6 Å². The lowest BCUT2D eigenvalue weighted by atomic mass is 10.0. The van der Waals surface area contributed by atoms with Gasteiger partial charge in [-0.2, -0.15) is 18.3 Å². The molecule has 29 heavy (non-hydrogen) atoms. The van der Waals surface area contributed by atoms with Gasteiger partial charge in [0, 0.05) is 25.0 Å². The van der Waals surface area contributed by atoms with Crippen molar-refractivity contribution in [2.24, 2.45) is 0 Å². The predicted octanol–water partition coefficient (Wildman–Crippen LogP) is 4.41. The lowest BCUT2D eigenvalue weighted by Crippen LogP contribution is -2.50. The molecule has 1 aliphatic rings. The number of urea groups is 1. The van der Waals surface area contributed by atoms with E-state index >= 15 is 0 Å². The van der Waals surface area contributed by atoms with Crippen LogP contribution in [0, 0.1) is 0 Å². The molecule has 6 nitrogen and oxygen atoms in total. The number of anilines is 1. The van der Waals surface area contributed by atoms with E-state index in [0.29, 0.717) is 31.0 Å². The number of hydrogen-bond acceptors (Lipinski definition) is 3. The van der Waals surface area contributed by atoms with Gasteiger partial charge >= 0.3 is 12.2 Å². The van der Waals surface area contributed by atoms with Crippen molar-refractivity contribution in [3.8, 4) is 0 Å². The molecule has 1 fully saturated rings. The van der Waals surface area contributed by atoms with E-state index in [1.165, 1.54) is 17.0 Å². The van der Waals surface area contributed by atoms with E-state index in [-0.39, 0.29) is 5.02 Å². The van der Waals surface area contributed by atoms with E-state index in [1.807, 2.05) is 24.3 Å². The Morgan fingerprint density at radius 2 is 2.03 bits per heavy atom. The van der Waals surface area contributed by atoms with Crippen molar-refractivity contribution in [2.75, 3.05) is 25.0 Å². The number of benzene rings is 2. The van der Waals surface area contributed by atoms with E-state index in [9.17, 15) is 18.0 Å². The zero-order valence-electron chi connectivity index (χ0n) is 15.1. The summed E-state index contributed by atoms with van der Waals surface area (Å²) in [6.07, 6.45) is -4.57. The van der Waals surface area contributed by atoms with Crippen molar-refractivity contribution in [3.63, 3.8) is 0 Å².